The van der Waals surface area contributed by atoms with Crippen molar-refractivity contribution in [2.24, 2.45) is 11.7 Å². The molecule has 6 heteroatoms. The Morgan fingerprint density at radius 3 is 2.82 bits per heavy atom. The molecule has 2 rings (SSSR count). The zero-order valence-corrected chi connectivity index (χ0v) is 9.58. The molecule has 0 aliphatic carbocycles. The number of anilines is 1. The largest absolute Gasteiger partial charge is 0.366 e. The van der Waals surface area contributed by atoms with Crippen molar-refractivity contribution in [3.05, 3.63) is 28.6 Å². The van der Waals surface area contributed by atoms with Crippen molar-refractivity contribution in [1.29, 1.82) is 0 Å². The van der Waals surface area contributed by atoms with Gasteiger partial charge in [-0.3, -0.25) is 15.1 Å². The molecule has 0 amide bonds. The molecule has 6 nitrogen and oxygen atoms in total. The van der Waals surface area contributed by atoms with Crippen molar-refractivity contribution in [2.45, 2.75) is 12.8 Å². The van der Waals surface area contributed by atoms with Crippen LogP contribution in [0.4, 0.5) is 11.4 Å². The van der Waals surface area contributed by atoms with Gasteiger partial charge in [0, 0.05) is 19.3 Å². The Morgan fingerprint density at radius 2 is 2.24 bits per heavy atom. The first-order valence-corrected chi connectivity index (χ1v) is 5.75. The van der Waals surface area contributed by atoms with E-state index in [1.165, 1.54) is 6.20 Å². The summed E-state index contributed by atoms with van der Waals surface area (Å²) in [6.45, 7) is 2.35. The lowest BCUT2D eigenvalue weighted by atomic mass is 9.97. The average Bonchev–Trinajstić information content (AvgIpc) is 2.39. The third kappa shape index (κ3) is 2.52. The van der Waals surface area contributed by atoms with Crippen LogP contribution in [0.1, 0.15) is 12.8 Å². The van der Waals surface area contributed by atoms with Crippen molar-refractivity contribution in [3.63, 3.8) is 0 Å². The predicted molar refractivity (Wildman–Crippen MR) is 64.9 cm³/mol. The van der Waals surface area contributed by atoms with Crippen LogP contribution < -0.4 is 10.6 Å². The summed E-state index contributed by atoms with van der Waals surface area (Å²) in [6, 6.07) is 1.71. The van der Waals surface area contributed by atoms with E-state index in [0.29, 0.717) is 18.2 Å². The number of piperidine rings is 1. The van der Waals surface area contributed by atoms with E-state index in [1.54, 1.807) is 12.3 Å². The highest BCUT2D eigenvalue weighted by atomic mass is 16.6. The van der Waals surface area contributed by atoms with E-state index in [1.807, 2.05) is 4.90 Å². The van der Waals surface area contributed by atoms with Crippen LogP contribution in [0, 0.1) is 16.0 Å². The molecule has 1 aromatic rings. The molecule has 1 aliphatic heterocycles. The number of nitrogens with zero attached hydrogens (tertiary/aromatic N) is 3. The molecule has 0 atom stereocenters. The van der Waals surface area contributed by atoms with Crippen molar-refractivity contribution < 1.29 is 4.92 Å². The van der Waals surface area contributed by atoms with Crippen molar-refractivity contribution in [3.8, 4) is 0 Å². The predicted octanol–water partition coefficient (Wildman–Crippen LogP) is 1.16. The molecule has 0 unspecified atom stereocenters. The molecule has 0 aromatic carbocycles. The molecule has 17 heavy (non-hydrogen) atoms. The number of hydrogen-bond donors (Lipinski definition) is 1. The van der Waals surface area contributed by atoms with Crippen LogP contribution in [0.15, 0.2) is 18.5 Å². The van der Waals surface area contributed by atoms with Crippen molar-refractivity contribution in [1.82, 2.24) is 4.98 Å². The van der Waals surface area contributed by atoms with Crippen LogP contribution in [0.3, 0.4) is 0 Å². The first-order valence-electron chi connectivity index (χ1n) is 5.75. The van der Waals surface area contributed by atoms with E-state index in [-0.39, 0.29) is 10.6 Å². The molecule has 92 valence electrons. The van der Waals surface area contributed by atoms with Gasteiger partial charge in [0.25, 0.3) is 0 Å². The number of hydrogen-bond acceptors (Lipinski definition) is 5. The van der Waals surface area contributed by atoms with E-state index < -0.39 is 0 Å². The Balaban J connectivity index is 2.15. The molecule has 0 spiro atoms. The van der Waals surface area contributed by atoms with Crippen LogP contribution in [0.25, 0.3) is 0 Å². The standard InChI is InChI=1S/C11H16N4O2/c12-7-9-2-5-14(6-3-9)10-1-4-13-8-11(10)15(16)17/h1,4,8-9H,2-3,5-7,12H2. The monoisotopic (exact) mass is 236 g/mol. The van der Waals surface area contributed by atoms with Gasteiger partial charge in [0.05, 0.1) is 4.92 Å². The minimum atomic E-state index is -0.378. The minimum Gasteiger partial charge on any atom is -0.366 e. The van der Waals surface area contributed by atoms with Crippen molar-refractivity contribution >= 4 is 11.4 Å². The Hall–Kier alpha value is -1.69. The zero-order chi connectivity index (χ0) is 12.3. The molecule has 0 bridgehead atoms. The van der Waals surface area contributed by atoms with Gasteiger partial charge in [0.1, 0.15) is 11.9 Å². The fourth-order valence-electron chi connectivity index (χ4n) is 2.20. The number of nitro groups is 1. The van der Waals surface area contributed by atoms with Gasteiger partial charge < -0.3 is 10.6 Å². The highest BCUT2D eigenvalue weighted by Crippen LogP contribution is 2.29. The Labute approximate surface area is 99.6 Å². The first kappa shape index (κ1) is 11.8. The number of pyridine rings is 1. The van der Waals surface area contributed by atoms with Crippen LogP contribution in [-0.4, -0.2) is 29.5 Å². The highest BCUT2D eigenvalue weighted by molar-refractivity contribution is 5.61. The summed E-state index contributed by atoms with van der Waals surface area (Å²) in [4.78, 5) is 16.4. The lowest BCUT2D eigenvalue weighted by molar-refractivity contribution is -0.384. The summed E-state index contributed by atoms with van der Waals surface area (Å²) in [5.74, 6) is 0.548. The fraction of sp³-hybridized carbons (Fsp3) is 0.545. The van der Waals surface area contributed by atoms with Gasteiger partial charge in [-0.15, -0.1) is 0 Å². The van der Waals surface area contributed by atoms with Crippen LogP contribution >= 0.6 is 0 Å². The summed E-state index contributed by atoms with van der Waals surface area (Å²) in [6.07, 6.45) is 4.90. The third-order valence-electron chi connectivity index (χ3n) is 3.26. The summed E-state index contributed by atoms with van der Waals surface area (Å²) >= 11 is 0. The molecule has 1 saturated heterocycles. The number of nitrogens with two attached hydrogens (primary N) is 1. The lowest BCUT2D eigenvalue weighted by Gasteiger charge is -2.32. The second-order valence-corrected chi connectivity index (χ2v) is 4.29. The van der Waals surface area contributed by atoms with Gasteiger partial charge in [-0.25, -0.2) is 0 Å². The topological polar surface area (TPSA) is 85.3 Å². The van der Waals surface area contributed by atoms with E-state index in [4.69, 9.17) is 5.73 Å². The minimum absolute atomic E-state index is 0.0821. The Bertz CT molecular complexity index is 402. The molecule has 0 saturated carbocycles. The van der Waals surface area contributed by atoms with E-state index in [9.17, 15) is 10.1 Å². The fourth-order valence-corrected chi connectivity index (χ4v) is 2.20. The smallest absolute Gasteiger partial charge is 0.310 e. The third-order valence-corrected chi connectivity index (χ3v) is 3.26. The molecular weight excluding hydrogens is 220 g/mol. The second kappa shape index (κ2) is 5.09. The van der Waals surface area contributed by atoms with E-state index in [2.05, 4.69) is 4.98 Å². The summed E-state index contributed by atoms with van der Waals surface area (Å²) in [7, 11) is 0. The van der Waals surface area contributed by atoms with E-state index in [0.717, 1.165) is 25.9 Å². The normalized spacial score (nSPS) is 17.1. The van der Waals surface area contributed by atoms with Crippen LogP contribution in [0.2, 0.25) is 0 Å². The van der Waals surface area contributed by atoms with Gasteiger partial charge >= 0.3 is 5.69 Å². The van der Waals surface area contributed by atoms with Gasteiger partial charge in [-0.05, 0) is 31.4 Å². The maximum atomic E-state index is 10.9. The van der Waals surface area contributed by atoms with Gasteiger partial charge in [-0.2, -0.15) is 0 Å². The van der Waals surface area contributed by atoms with E-state index >= 15 is 0 Å². The summed E-state index contributed by atoms with van der Waals surface area (Å²) < 4.78 is 0. The van der Waals surface area contributed by atoms with Crippen LogP contribution in [0.5, 0.6) is 0 Å². The van der Waals surface area contributed by atoms with Gasteiger partial charge in [0.2, 0.25) is 0 Å². The Morgan fingerprint density at radius 1 is 1.53 bits per heavy atom. The van der Waals surface area contributed by atoms with Gasteiger partial charge in [0.15, 0.2) is 0 Å². The summed E-state index contributed by atoms with van der Waals surface area (Å²) in [5, 5.41) is 10.9. The van der Waals surface area contributed by atoms with Crippen molar-refractivity contribution in [2.75, 3.05) is 24.5 Å². The second-order valence-electron chi connectivity index (χ2n) is 4.29. The first-order chi connectivity index (χ1) is 8.22. The highest BCUT2D eigenvalue weighted by Gasteiger charge is 2.23. The maximum absolute atomic E-state index is 10.9. The summed E-state index contributed by atoms with van der Waals surface area (Å²) in [5.41, 5.74) is 6.38. The molecule has 1 aromatic heterocycles. The quantitative estimate of drug-likeness (QED) is 0.628. The number of aromatic nitrogens is 1. The maximum Gasteiger partial charge on any atom is 0.310 e. The molecule has 0 radical (unpaired) electrons. The van der Waals surface area contributed by atoms with Gasteiger partial charge in [-0.1, -0.05) is 0 Å². The zero-order valence-electron chi connectivity index (χ0n) is 9.58. The Kier molecular flexibility index (Phi) is 3.53. The molecule has 2 heterocycles. The SMILES string of the molecule is NCC1CCN(c2ccncc2[N+](=O)[O-])CC1. The molecule has 1 aliphatic rings. The number of rotatable bonds is 3. The molecule has 1 fully saturated rings. The average molecular weight is 236 g/mol. The molecule has 2 N–H and O–H groups in total. The van der Waals surface area contributed by atoms with Crippen LogP contribution in [-0.2, 0) is 0 Å². The molecular formula is C11H16N4O2. The lowest BCUT2D eigenvalue weighted by Crippen LogP contribution is -2.36.